The Morgan fingerprint density at radius 3 is 2.67 bits per heavy atom. The Morgan fingerprint density at radius 1 is 1.19 bits per heavy atom. The highest BCUT2D eigenvalue weighted by Gasteiger charge is 2.09. The fourth-order valence-corrected chi connectivity index (χ4v) is 2.33. The van der Waals surface area contributed by atoms with Crippen LogP contribution in [-0.2, 0) is 12.3 Å². The first-order valence-corrected chi connectivity index (χ1v) is 7.55. The molecule has 0 aliphatic rings. The molecular weight excluding hydrogens is 299 g/mol. The molecule has 21 heavy (non-hydrogen) atoms. The summed E-state index contributed by atoms with van der Waals surface area (Å²) in [6, 6.07) is 9.79. The summed E-state index contributed by atoms with van der Waals surface area (Å²) in [6.45, 7) is 2.38. The number of furan rings is 1. The van der Waals surface area contributed by atoms with E-state index >= 15 is 0 Å². The highest BCUT2D eigenvalue weighted by atomic mass is 32.2. The topological polar surface area (TPSA) is 25.2 Å². The number of nitrogens with one attached hydrogen (secondary N) is 1. The van der Waals surface area contributed by atoms with Gasteiger partial charge in [0, 0.05) is 6.04 Å². The summed E-state index contributed by atoms with van der Waals surface area (Å²) in [4.78, 5) is 0. The van der Waals surface area contributed by atoms with Gasteiger partial charge in [-0.15, -0.1) is 0 Å². The maximum atomic E-state index is 13.1. The van der Waals surface area contributed by atoms with Gasteiger partial charge in [0.25, 0.3) is 5.76 Å². The molecule has 0 bridgehead atoms. The molecular formula is C15H16F3NOS. The third-order valence-corrected chi connectivity index (χ3v) is 3.70. The van der Waals surface area contributed by atoms with Crippen LogP contribution in [0.3, 0.4) is 0 Å². The first-order valence-electron chi connectivity index (χ1n) is 6.51. The minimum atomic E-state index is -2.40. The molecule has 114 valence electrons. The van der Waals surface area contributed by atoms with E-state index in [1.165, 1.54) is 12.1 Å². The van der Waals surface area contributed by atoms with E-state index in [-0.39, 0.29) is 17.6 Å². The summed E-state index contributed by atoms with van der Waals surface area (Å²) in [5.41, 5.74) is 0.843. The van der Waals surface area contributed by atoms with E-state index < -0.39 is 5.76 Å². The maximum Gasteiger partial charge on any atom is 0.284 e. The predicted molar refractivity (Wildman–Crippen MR) is 77.7 cm³/mol. The standard InChI is InChI=1S/C15H16F3NOS/c1-10(11-3-2-4-12(16)7-11)19-8-13-5-6-14(20-13)9-21-15(17)18/h2-7,10,15,19H,8-9H2,1H3/t10-/m0/s1. The monoisotopic (exact) mass is 315 g/mol. The number of halogens is 3. The minimum absolute atomic E-state index is 0.0373. The molecule has 2 rings (SSSR count). The fraction of sp³-hybridized carbons (Fsp3) is 0.333. The number of hydrogen-bond donors (Lipinski definition) is 1. The zero-order valence-electron chi connectivity index (χ0n) is 11.5. The van der Waals surface area contributed by atoms with Crippen LogP contribution < -0.4 is 5.32 Å². The van der Waals surface area contributed by atoms with Crippen LogP contribution in [0.15, 0.2) is 40.8 Å². The maximum absolute atomic E-state index is 13.1. The van der Waals surface area contributed by atoms with Gasteiger partial charge in [-0.3, -0.25) is 0 Å². The first-order chi connectivity index (χ1) is 10.0. The largest absolute Gasteiger partial charge is 0.464 e. The summed E-state index contributed by atoms with van der Waals surface area (Å²) >= 11 is 0.531. The van der Waals surface area contributed by atoms with Crippen molar-refractivity contribution in [2.45, 2.75) is 31.0 Å². The van der Waals surface area contributed by atoms with Crippen molar-refractivity contribution in [2.75, 3.05) is 0 Å². The number of rotatable bonds is 7. The lowest BCUT2D eigenvalue weighted by Crippen LogP contribution is -2.17. The van der Waals surface area contributed by atoms with E-state index in [0.29, 0.717) is 29.8 Å². The normalized spacial score (nSPS) is 12.8. The van der Waals surface area contributed by atoms with Crippen molar-refractivity contribution in [3.63, 3.8) is 0 Å². The van der Waals surface area contributed by atoms with Crippen molar-refractivity contribution in [2.24, 2.45) is 0 Å². The molecule has 0 saturated carbocycles. The summed E-state index contributed by atoms with van der Waals surface area (Å²) in [5, 5.41) is 3.21. The van der Waals surface area contributed by atoms with Gasteiger partial charge in [0.05, 0.1) is 12.3 Å². The zero-order chi connectivity index (χ0) is 15.2. The zero-order valence-corrected chi connectivity index (χ0v) is 12.3. The third kappa shape index (κ3) is 5.13. The van der Waals surface area contributed by atoms with Gasteiger partial charge in [0.2, 0.25) is 0 Å². The average molecular weight is 315 g/mol. The summed E-state index contributed by atoms with van der Waals surface area (Å²) in [5.74, 6) is -1.33. The second-order valence-corrected chi connectivity index (χ2v) is 5.58. The van der Waals surface area contributed by atoms with Crippen molar-refractivity contribution in [1.82, 2.24) is 5.32 Å². The Kier molecular flexibility index (Phi) is 5.76. The highest BCUT2D eigenvalue weighted by Crippen LogP contribution is 2.21. The van der Waals surface area contributed by atoms with Gasteiger partial charge >= 0.3 is 0 Å². The van der Waals surface area contributed by atoms with Gasteiger partial charge in [-0.2, -0.15) is 8.78 Å². The van der Waals surface area contributed by atoms with Crippen LogP contribution >= 0.6 is 11.8 Å². The third-order valence-electron chi connectivity index (χ3n) is 3.00. The number of hydrogen-bond acceptors (Lipinski definition) is 3. The molecule has 1 atom stereocenters. The Morgan fingerprint density at radius 2 is 1.95 bits per heavy atom. The van der Waals surface area contributed by atoms with Crippen molar-refractivity contribution >= 4 is 11.8 Å². The molecule has 0 unspecified atom stereocenters. The van der Waals surface area contributed by atoms with Crippen LogP contribution in [0.5, 0.6) is 0 Å². The van der Waals surface area contributed by atoms with E-state index in [1.54, 1.807) is 18.2 Å². The fourth-order valence-electron chi connectivity index (χ4n) is 1.89. The lowest BCUT2D eigenvalue weighted by molar-refractivity contribution is 0.251. The molecule has 1 aromatic heterocycles. The van der Waals surface area contributed by atoms with Crippen LogP contribution in [0.2, 0.25) is 0 Å². The van der Waals surface area contributed by atoms with Gasteiger partial charge in [0.15, 0.2) is 0 Å². The van der Waals surface area contributed by atoms with Gasteiger partial charge < -0.3 is 9.73 Å². The van der Waals surface area contributed by atoms with Crippen LogP contribution in [0.25, 0.3) is 0 Å². The summed E-state index contributed by atoms with van der Waals surface area (Å²) < 4.78 is 42.7. The molecule has 0 radical (unpaired) electrons. The molecule has 2 nitrogen and oxygen atoms in total. The van der Waals surface area contributed by atoms with Crippen LogP contribution in [-0.4, -0.2) is 5.76 Å². The minimum Gasteiger partial charge on any atom is -0.464 e. The van der Waals surface area contributed by atoms with Crippen molar-refractivity contribution in [3.8, 4) is 0 Å². The van der Waals surface area contributed by atoms with E-state index in [4.69, 9.17) is 4.42 Å². The Balaban J connectivity index is 1.85. The molecule has 0 fully saturated rings. The van der Waals surface area contributed by atoms with Gasteiger partial charge in [-0.05, 0) is 36.8 Å². The van der Waals surface area contributed by atoms with E-state index in [1.807, 2.05) is 13.0 Å². The Hall–Kier alpha value is -1.40. The molecule has 1 N–H and O–H groups in total. The second-order valence-electron chi connectivity index (χ2n) is 4.60. The summed E-state index contributed by atoms with van der Waals surface area (Å²) in [6.07, 6.45) is 0. The second kappa shape index (κ2) is 7.56. The predicted octanol–water partition coefficient (Wildman–Crippen LogP) is 4.73. The molecule has 1 heterocycles. The molecule has 1 aromatic carbocycles. The van der Waals surface area contributed by atoms with Gasteiger partial charge in [-0.25, -0.2) is 4.39 Å². The van der Waals surface area contributed by atoms with E-state index in [2.05, 4.69) is 5.32 Å². The Labute approximate surface area is 125 Å². The molecule has 2 aromatic rings. The van der Waals surface area contributed by atoms with Crippen LogP contribution in [0.1, 0.15) is 30.0 Å². The average Bonchev–Trinajstić information content (AvgIpc) is 2.90. The molecule has 0 aliphatic carbocycles. The summed E-state index contributed by atoms with van der Waals surface area (Å²) in [7, 11) is 0. The van der Waals surface area contributed by atoms with Gasteiger partial charge in [-0.1, -0.05) is 23.9 Å². The SMILES string of the molecule is C[C@H](NCc1ccc(CSC(F)F)o1)c1cccc(F)c1. The molecule has 6 heteroatoms. The molecule has 0 amide bonds. The molecule has 0 saturated heterocycles. The van der Waals surface area contributed by atoms with Crippen molar-refractivity contribution in [3.05, 3.63) is 59.3 Å². The van der Waals surface area contributed by atoms with Crippen molar-refractivity contribution in [1.29, 1.82) is 0 Å². The van der Waals surface area contributed by atoms with Crippen LogP contribution in [0, 0.1) is 5.82 Å². The number of benzene rings is 1. The first kappa shape index (κ1) is 16.0. The van der Waals surface area contributed by atoms with Crippen molar-refractivity contribution < 1.29 is 17.6 Å². The molecule has 0 aliphatic heterocycles. The number of alkyl halides is 2. The van der Waals surface area contributed by atoms with E-state index in [9.17, 15) is 13.2 Å². The van der Waals surface area contributed by atoms with E-state index in [0.717, 1.165) is 5.56 Å². The quantitative estimate of drug-likeness (QED) is 0.800. The number of thioether (sulfide) groups is 1. The van der Waals surface area contributed by atoms with Gasteiger partial charge in [0.1, 0.15) is 17.3 Å². The highest BCUT2D eigenvalue weighted by molar-refractivity contribution is 7.98. The lowest BCUT2D eigenvalue weighted by atomic mass is 10.1. The molecule has 0 spiro atoms. The van der Waals surface area contributed by atoms with Crippen LogP contribution in [0.4, 0.5) is 13.2 Å². The lowest BCUT2D eigenvalue weighted by Gasteiger charge is -2.13. The smallest absolute Gasteiger partial charge is 0.284 e. The Bertz CT molecular complexity index is 574.